The van der Waals surface area contributed by atoms with E-state index >= 15 is 0 Å². The van der Waals surface area contributed by atoms with Crippen molar-refractivity contribution in [3.05, 3.63) is 41.7 Å². The Morgan fingerprint density at radius 1 is 1.33 bits per heavy atom. The van der Waals surface area contributed by atoms with Crippen molar-refractivity contribution in [2.45, 2.75) is 13.0 Å². The average molecular weight is 199 g/mol. The summed E-state index contributed by atoms with van der Waals surface area (Å²) in [6.45, 7) is 1.63. The van der Waals surface area contributed by atoms with Crippen LogP contribution >= 0.6 is 0 Å². The Bertz CT molecular complexity index is 499. The van der Waals surface area contributed by atoms with Crippen LogP contribution < -0.4 is 5.73 Å². The molecule has 2 N–H and O–H groups in total. The predicted molar refractivity (Wildman–Crippen MR) is 59.5 cm³/mol. The first-order chi connectivity index (χ1) is 7.40. The molecule has 3 nitrogen and oxygen atoms in total. The molecule has 0 saturated heterocycles. The first kappa shape index (κ1) is 8.68. The van der Waals surface area contributed by atoms with Crippen molar-refractivity contribution < 1.29 is 0 Å². The lowest BCUT2D eigenvalue weighted by molar-refractivity contribution is 0.766. The van der Waals surface area contributed by atoms with Crippen LogP contribution in [0.15, 0.2) is 30.5 Å². The van der Waals surface area contributed by atoms with E-state index in [1.165, 1.54) is 16.8 Å². The van der Waals surface area contributed by atoms with Crippen molar-refractivity contribution in [3.8, 4) is 11.4 Å². The summed E-state index contributed by atoms with van der Waals surface area (Å²) in [5.41, 5.74) is 9.44. The fourth-order valence-corrected chi connectivity index (χ4v) is 2.20. The summed E-state index contributed by atoms with van der Waals surface area (Å²) in [6.07, 6.45) is 2.85. The summed E-state index contributed by atoms with van der Waals surface area (Å²) < 4.78 is 2.26. The fraction of sp³-hybridized carbons (Fsp3) is 0.250. The number of hydrogen-bond donors (Lipinski definition) is 1. The van der Waals surface area contributed by atoms with Gasteiger partial charge in [-0.1, -0.05) is 24.3 Å². The van der Waals surface area contributed by atoms with Gasteiger partial charge in [0, 0.05) is 23.9 Å². The topological polar surface area (TPSA) is 43.8 Å². The Hall–Kier alpha value is -1.61. The molecule has 0 fully saturated rings. The first-order valence-corrected chi connectivity index (χ1v) is 5.23. The number of hydrogen-bond acceptors (Lipinski definition) is 2. The van der Waals surface area contributed by atoms with Crippen LogP contribution in [0.3, 0.4) is 0 Å². The van der Waals surface area contributed by atoms with Crippen LogP contribution in [-0.4, -0.2) is 16.1 Å². The fourth-order valence-electron chi connectivity index (χ4n) is 2.20. The summed E-state index contributed by atoms with van der Waals surface area (Å²) in [7, 11) is 0. The van der Waals surface area contributed by atoms with Gasteiger partial charge >= 0.3 is 0 Å². The Morgan fingerprint density at radius 2 is 2.20 bits per heavy atom. The third-order valence-electron chi connectivity index (χ3n) is 2.93. The van der Waals surface area contributed by atoms with Gasteiger partial charge in [-0.25, -0.2) is 4.98 Å². The minimum atomic E-state index is 0.682. The number of benzene rings is 1. The first-order valence-electron chi connectivity index (χ1n) is 5.23. The Balaban J connectivity index is 2.11. The van der Waals surface area contributed by atoms with E-state index < -0.39 is 0 Å². The van der Waals surface area contributed by atoms with Crippen LogP contribution in [0, 0.1) is 0 Å². The second-order valence-electron chi connectivity index (χ2n) is 3.86. The van der Waals surface area contributed by atoms with Crippen LogP contribution in [0.5, 0.6) is 0 Å². The molecule has 0 amide bonds. The molecule has 2 aromatic rings. The Morgan fingerprint density at radius 3 is 3.07 bits per heavy atom. The van der Waals surface area contributed by atoms with E-state index in [1.54, 1.807) is 0 Å². The maximum atomic E-state index is 5.58. The molecule has 0 radical (unpaired) electrons. The highest BCUT2D eigenvalue weighted by Gasteiger charge is 2.20. The standard InChI is InChI=1S/C12H13N3/c13-6-5-10-7-14-12-11-4-2-1-3-9(11)8-15(10)12/h1-4,7H,5-6,8,13H2. The van der Waals surface area contributed by atoms with E-state index in [0.717, 1.165) is 18.8 Å². The molecule has 0 bridgehead atoms. The normalized spacial score (nSPS) is 12.6. The van der Waals surface area contributed by atoms with Crippen molar-refractivity contribution in [1.29, 1.82) is 0 Å². The molecule has 0 unspecified atom stereocenters. The summed E-state index contributed by atoms with van der Waals surface area (Å²) >= 11 is 0. The van der Waals surface area contributed by atoms with Gasteiger partial charge in [0.25, 0.3) is 0 Å². The number of aromatic nitrogens is 2. The molecule has 3 rings (SSSR count). The van der Waals surface area contributed by atoms with Crippen LogP contribution in [-0.2, 0) is 13.0 Å². The smallest absolute Gasteiger partial charge is 0.140 e. The van der Waals surface area contributed by atoms with E-state index in [2.05, 4.69) is 33.8 Å². The maximum Gasteiger partial charge on any atom is 0.140 e. The minimum Gasteiger partial charge on any atom is -0.330 e. The number of fused-ring (bicyclic) bond motifs is 3. The maximum absolute atomic E-state index is 5.58. The highest BCUT2D eigenvalue weighted by Crippen LogP contribution is 2.31. The molecule has 0 aliphatic carbocycles. The Kier molecular flexibility index (Phi) is 1.86. The lowest BCUT2D eigenvalue weighted by Gasteiger charge is -2.02. The van der Waals surface area contributed by atoms with Crippen molar-refractivity contribution >= 4 is 0 Å². The Labute approximate surface area is 88.6 Å². The summed E-state index contributed by atoms with van der Waals surface area (Å²) in [5, 5.41) is 0. The van der Waals surface area contributed by atoms with Gasteiger partial charge in [0.05, 0.1) is 6.54 Å². The molecule has 0 spiro atoms. The van der Waals surface area contributed by atoms with Gasteiger partial charge in [0.1, 0.15) is 5.82 Å². The van der Waals surface area contributed by atoms with E-state index in [-0.39, 0.29) is 0 Å². The van der Waals surface area contributed by atoms with Crippen molar-refractivity contribution in [2.24, 2.45) is 5.73 Å². The largest absolute Gasteiger partial charge is 0.330 e. The predicted octanol–water partition coefficient (Wildman–Crippen LogP) is 1.41. The SMILES string of the molecule is NCCc1cnc2n1Cc1ccccc1-2. The van der Waals surface area contributed by atoms with Crippen LogP contribution in [0.1, 0.15) is 11.3 Å². The molecule has 0 saturated carbocycles. The summed E-state index contributed by atoms with van der Waals surface area (Å²) in [5.74, 6) is 1.09. The highest BCUT2D eigenvalue weighted by molar-refractivity contribution is 5.65. The van der Waals surface area contributed by atoms with Crippen molar-refractivity contribution in [3.63, 3.8) is 0 Å². The lowest BCUT2D eigenvalue weighted by Crippen LogP contribution is -2.07. The van der Waals surface area contributed by atoms with Gasteiger partial charge in [-0.3, -0.25) is 0 Å². The monoisotopic (exact) mass is 199 g/mol. The molecule has 15 heavy (non-hydrogen) atoms. The quantitative estimate of drug-likeness (QED) is 0.678. The van der Waals surface area contributed by atoms with Crippen LogP contribution in [0.4, 0.5) is 0 Å². The second-order valence-corrected chi connectivity index (χ2v) is 3.86. The van der Waals surface area contributed by atoms with Crippen LogP contribution in [0.2, 0.25) is 0 Å². The molecular formula is C12H13N3. The number of rotatable bonds is 2. The van der Waals surface area contributed by atoms with E-state index in [9.17, 15) is 0 Å². The van der Waals surface area contributed by atoms with Gasteiger partial charge in [0.15, 0.2) is 0 Å². The summed E-state index contributed by atoms with van der Waals surface area (Å²) in [6, 6.07) is 8.43. The minimum absolute atomic E-state index is 0.682. The average Bonchev–Trinajstić information content (AvgIpc) is 2.79. The zero-order chi connectivity index (χ0) is 10.3. The van der Waals surface area contributed by atoms with Gasteiger partial charge < -0.3 is 10.3 Å². The van der Waals surface area contributed by atoms with Gasteiger partial charge in [-0.2, -0.15) is 0 Å². The van der Waals surface area contributed by atoms with Crippen molar-refractivity contribution in [2.75, 3.05) is 6.54 Å². The van der Waals surface area contributed by atoms with Crippen LogP contribution in [0.25, 0.3) is 11.4 Å². The number of imidazole rings is 1. The highest BCUT2D eigenvalue weighted by atomic mass is 15.1. The molecule has 3 heteroatoms. The number of nitrogens with zero attached hydrogens (tertiary/aromatic N) is 2. The molecular weight excluding hydrogens is 186 g/mol. The molecule has 0 atom stereocenters. The molecule has 1 aromatic carbocycles. The molecule has 76 valence electrons. The second kappa shape index (κ2) is 3.21. The van der Waals surface area contributed by atoms with Gasteiger partial charge in [-0.05, 0) is 12.1 Å². The van der Waals surface area contributed by atoms with Gasteiger partial charge in [0.2, 0.25) is 0 Å². The lowest BCUT2D eigenvalue weighted by atomic mass is 10.1. The van der Waals surface area contributed by atoms with E-state index in [1.807, 2.05) is 6.20 Å². The van der Waals surface area contributed by atoms with E-state index in [4.69, 9.17) is 5.73 Å². The number of nitrogens with two attached hydrogens (primary N) is 1. The molecule has 1 aliphatic heterocycles. The molecule has 1 aromatic heterocycles. The molecule has 2 heterocycles. The third kappa shape index (κ3) is 1.20. The van der Waals surface area contributed by atoms with E-state index in [0.29, 0.717) is 6.54 Å². The molecule has 1 aliphatic rings. The summed E-state index contributed by atoms with van der Waals surface area (Å²) in [4.78, 5) is 4.46. The third-order valence-corrected chi connectivity index (χ3v) is 2.93. The zero-order valence-electron chi connectivity index (χ0n) is 8.48. The zero-order valence-corrected chi connectivity index (χ0v) is 8.48. The van der Waals surface area contributed by atoms with Gasteiger partial charge in [-0.15, -0.1) is 0 Å². The van der Waals surface area contributed by atoms with Crippen molar-refractivity contribution in [1.82, 2.24) is 9.55 Å².